The van der Waals surface area contributed by atoms with E-state index in [0.717, 1.165) is 57.3 Å². The van der Waals surface area contributed by atoms with E-state index >= 15 is 0 Å². The second-order valence-corrected chi connectivity index (χ2v) is 9.35. The fraction of sp³-hybridized carbons (Fsp3) is 0.800. The first-order valence-corrected chi connectivity index (χ1v) is 11.3. The number of fused-ring (bicyclic) bond motifs is 1. The molecule has 0 aromatic carbocycles. The van der Waals surface area contributed by atoms with Crippen LogP contribution in [0.15, 0.2) is 10.4 Å². The highest BCUT2D eigenvalue weighted by Gasteiger charge is 2.59. The Bertz CT molecular complexity index is 673. The second-order valence-electron chi connectivity index (χ2n) is 8.51. The molecule has 0 spiro atoms. The lowest BCUT2D eigenvalue weighted by molar-refractivity contribution is -0.106. The molecule has 0 radical (unpaired) electrons. The number of anilines is 1. The number of thiazole rings is 1. The second kappa shape index (κ2) is 9.47. The molecule has 2 aliphatic heterocycles. The molecule has 1 aromatic heterocycles. The number of halogens is 1. The van der Waals surface area contributed by atoms with Gasteiger partial charge in [0.15, 0.2) is 11.1 Å². The molecule has 3 fully saturated rings. The minimum Gasteiger partial charge on any atom is -0.377 e. The van der Waals surface area contributed by atoms with Gasteiger partial charge in [0.05, 0.1) is 11.8 Å². The molecule has 3 heterocycles. The maximum Gasteiger partial charge on any atom is 0.191 e. The van der Waals surface area contributed by atoms with Gasteiger partial charge in [-0.2, -0.15) is 0 Å². The number of ether oxygens (including phenoxy) is 1. The van der Waals surface area contributed by atoms with Crippen LogP contribution in [-0.2, 0) is 11.2 Å². The van der Waals surface area contributed by atoms with Crippen molar-refractivity contribution >= 4 is 46.4 Å². The molecular formula is C20H34IN5OS. The van der Waals surface area contributed by atoms with Crippen molar-refractivity contribution in [3.05, 3.63) is 11.1 Å². The molecular weight excluding hydrogens is 485 g/mol. The van der Waals surface area contributed by atoms with Gasteiger partial charge in [-0.15, -0.1) is 35.3 Å². The monoisotopic (exact) mass is 519 g/mol. The molecule has 4 rings (SSSR count). The molecule has 3 unspecified atom stereocenters. The predicted molar refractivity (Wildman–Crippen MR) is 127 cm³/mol. The maximum atomic E-state index is 5.91. The largest absolute Gasteiger partial charge is 0.377 e. The van der Waals surface area contributed by atoms with Crippen LogP contribution in [0.5, 0.6) is 0 Å². The van der Waals surface area contributed by atoms with Crippen molar-refractivity contribution in [2.45, 2.75) is 58.6 Å². The van der Waals surface area contributed by atoms with Gasteiger partial charge in [-0.25, -0.2) is 4.98 Å². The summed E-state index contributed by atoms with van der Waals surface area (Å²) in [6.45, 7) is 11.6. The van der Waals surface area contributed by atoms with Crippen molar-refractivity contribution in [2.75, 3.05) is 37.7 Å². The first kappa shape index (κ1) is 22.1. The molecule has 0 bridgehead atoms. The number of rotatable bonds is 6. The van der Waals surface area contributed by atoms with Crippen LogP contribution in [0.4, 0.5) is 5.13 Å². The third-order valence-corrected chi connectivity index (χ3v) is 7.24. The van der Waals surface area contributed by atoms with Gasteiger partial charge in [0.1, 0.15) is 0 Å². The van der Waals surface area contributed by atoms with E-state index in [0.29, 0.717) is 18.1 Å². The number of hydrogen-bond donors (Lipinski definition) is 2. The average Bonchev–Trinajstić information content (AvgIpc) is 3.39. The summed E-state index contributed by atoms with van der Waals surface area (Å²) in [5.41, 5.74) is 1.33. The molecule has 0 amide bonds. The van der Waals surface area contributed by atoms with E-state index in [1.807, 2.05) is 0 Å². The number of aromatic nitrogens is 1. The highest BCUT2D eigenvalue weighted by molar-refractivity contribution is 14.0. The minimum atomic E-state index is 0. The van der Waals surface area contributed by atoms with Crippen LogP contribution >= 0.6 is 35.3 Å². The minimum absolute atomic E-state index is 0. The van der Waals surface area contributed by atoms with Crippen LogP contribution in [-0.4, -0.2) is 55.9 Å². The maximum absolute atomic E-state index is 5.91. The summed E-state index contributed by atoms with van der Waals surface area (Å²) in [7, 11) is 0. The topological polar surface area (TPSA) is 61.8 Å². The zero-order chi connectivity index (χ0) is 18.9. The number of nitrogens with one attached hydrogen (secondary N) is 2. The zero-order valence-electron chi connectivity index (χ0n) is 17.2. The van der Waals surface area contributed by atoms with Gasteiger partial charge in [-0.1, -0.05) is 13.8 Å². The Morgan fingerprint density at radius 3 is 2.93 bits per heavy atom. The Morgan fingerprint density at radius 1 is 1.39 bits per heavy atom. The quantitative estimate of drug-likeness (QED) is 0.343. The van der Waals surface area contributed by atoms with Crippen LogP contribution in [0.2, 0.25) is 0 Å². The smallest absolute Gasteiger partial charge is 0.191 e. The van der Waals surface area contributed by atoms with Gasteiger partial charge in [0.2, 0.25) is 0 Å². The molecule has 6 nitrogen and oxygen atoms in total. The molecule has 28 heavy (non-hydrogen) atoms. The van der Waals surface area contributed by atoms with Gasteiger partial charge in [0.25, 0.3) is 0 Å². The molecule has 3 atom stereocenters. The predicted octanol–water partition coefficient (Wildman–Crippen LogP) is 3.27. The van der Waals surface area contributed by atoms with Gasteiger partial charge in [-0.3, -0.25) is 4.99 Å². The van der Waals surface area contributed by atoms with E-state index in [9.17, 15) is 0 Å². The Labute approximate surface area is 189 Å². The van der Waals surface area contributed by atoms with E-state index in [1.165, 1.54) is 18.0 Å². The molecule has 3 aliphatic rings. The first-order chi connectivity index (χ1) is 13.1. The fourth-order valence-electron chi connectivity index (χ4n) is 4.83. The number of nitrogens with zero attached hydrogens (tertiary/aromatic N) is 3. The van der Waals surface area contributed by atoms with Gasteiger partial charge in [-0.05, 0) is 26.2 Å². The highest BCUT2D eigenvalue weighted by Crippen LogP contribution is 2.52. The number of guanidine groups is 1. The summed E-state index contributed by atoms with van der Waals surface area (Å²) in [6, 6.07) is 0.434. The van der Waals surface area contributed by atoms with E-state index in [2.05, 4.69) is 41.7 Å². The van der Waals surface area contributed by atoms with Gasteiger partial charge in [0, 0.05) is 62.0 Å². The molecule has 2 saturated heterocycles. The summed E-state index contributed by atoms with van der Waals surface area (Å²) in [5, 5.41) is 10.5. The third kappa shape index (κ3) is 4.43. The Hall–Kier alpha value is -0.610. The van der Waals surface area contributed by atoms with Crippen LogP contribution in [0.25, 0.3) is 0 Å². The fourth-order valence-corrected chi connectivity index (χ4v) is 5.75. The zero-order valence-corrected chi connectivity index (χ0v) is 20.4. The molecule has 1 aliphatic carbocycles. The molecule has 158 valence electrons. The molecule has 2 N–H and O–H groups in total. The Balaban J connectivity index is 0.00000225. The summed E-state index contributed by atoms with van der Waals surface area (Å²) >= 11 is 1.77. The standard InChI is InChI=1S/C20H33N5OS.HI/c1-4-21-18(24-16-15-8-12-26-17(15)20(16,2)3)22-9-7-14-13-27-19(23-14)25-10-5-6-11-25;/h13,15-17H,4-12H2,1-3H3,(H2,21,22,24);1H. The van der Waals surface area contributed by atoms with Crippen LogP contribution in [0, 0.1) is 11.3 Å². The van der Waals surface area contributed by atoms with E-state index in [-0.39, 0.29) is 29.4 Å². The van der Waals surface area contributed by atoms with Crippen molar-refractivity contribution in [1.82, 2.24) is 15.6 Å². The number of aliphatic imine (C=N–C) groups is 1. The number of hydrogen-bond acceptors (Lipinski definition) is 5. The lowest BCUT2D eigenvalue weighted by atomic mass is 9.57. The van der Waals surface area contributed by atoms with Gasteiger partial charge >= 0.3 is 0 Å². The summed E-state index contributed by atoms with van der Waals surface area (Å²) in [6.07, 6.45) is 5.03. The van der Waals surface area contributed by atoms with E-state index in [1.54, 1.807) is 11.3 Å². The normalized spacial score (nSPS) is 28.5. The Morgan fingerprint density at radius 2 is 2.18 bits per heavy atom. The third-order valence-electron chi connectivity index (χ3n) is 6.29. The molecule has 1 saturated carbocycles. The van der Waals surface area contributed by atoms with Crippen molar-refractivity contribution in [2.24, 2.45) is 16.3 Å². The van der Waals surface area contributed by atoms with Crippen molar-refractivity contribution < 1.29 is 4.74 Å². The van der Waals surface area contributed by atoms with Crippen molar-refractivity contribution in [3.8, 4) is 0 Å². The van der Waals surface area contributed by atoms with Crippen LogP contribution in [0.1, 0.15) is 45.7 Å². The molecule has 8 heteroatoms. The van der Waals surface area contributed by atoms with Gasteiger partial charge < -0.3 is 20.3 Å². The van der Waals surface area contributed by atoms with Crippen LogP contribution < -0.4 is 15.5 Å². The Kier molecular flexibility index (Phi) is 7.47. The van der Waals surface area contributed by atoms with E-state index in [4.69, 9.17) is 14.7 Å². The van der Waals surface area contributed by atoms with Crippen molar-refractivity contribution in [3.63, 3.8) is 0 Å². The molecule has 1 aromatic rings. The SMILES string of the molecule is CCNC(=NCCc1csc(N2CCCC2)n1)NC1C2CCOC2C1(C)C.I. The summed E-state index contributed by atoms with van der Waals surface area (Å²) < 4.78 is 5.91. The van der Waals surface area contributed by atoms with E-state index < -0.39 is 0 Å². The van der Waals surface area contributed by atoms with Crippen LogP contribution in [0.3, 0.4) is 0 Å². The average molecular weight is 519 g/mol. The lowest BCUT2D eigenvalue weighted by Gasteiger charge is -2.54. The first-order valence-electron chi connectivity index (χ1n) is 10.5. The summed E-state index contributed by atoms with van der Waals surface area (Å²) in [4.78, 5) is 12.0. The highest BCUT2D eigenvalue weighted by atomic mass is 127. The van der Waals surface area contributed by atoms with Crippen molar-refractivity contribution in [1.29, 1.82) is 0 Å². The summed E-state index contributed by atoms with van der Waals surface area (Å²) in [5.74, 6) is 1.54. The lowest BCUT2D eigenvalue weighted by Crippen LogP contribution is -2.68.